The number of hydrogen-bond acceptors (Lipinski definition) is 6. The van der Waals surface area contributed by atoms with Gasteiger partial charge >= 0.3 is 11.9 Å². The van der Waals surface area contributed by atoms with Gasteiger partial charge in [0.2, 0.25) is 0 Å². The number of unbranched alkanes of at least 4 members (excludes halogenated alkanes) is 9. The average molecular weight is 433 g/mol. The fourth-order valence-corrected chi connectivity index (χ4v) is 4.63. The van der Waals surface area contributed by atoms with Gasteiger partial charge in [-0.1, -0.05) is 71.1 Å². The number of carbonyl (C=O) groups excluding carboxylic acids is 2. The van der Waals surface area contributed by atoms with Crippen LogP contribution in [0.4, 0.5) is 0 Å². The van der Waals surface area contributed by atoms with Gasteiger partial charge in [0, 0.05) is 17.4 Å². The Bertz CT molecular complexity index is 403. The van der Waals surface area contributed by atoms with Crippen LogP contribution in [0.3, 0.4) is 0 Å². The summed E-state index contributed by atoms with van der Waals surface area (Å²) in [6.07, 6.45) is 15.2. The molecule has 0 heterocycles. The zero-order chi connectivity index (χ0) is 21.7. The first-order valence-corrected chi connectivity index (χ1v) is 12.5. The molecule has 0 radical (unpaired) electrons. The summed E-state index contributed by atoms with van der Waals surface area (Å²) >= 11 is 1.65. The van der Waals surface area contributed by atoms with Crippen LogP contribution in [0.1, 0.15) is 103 Å². The van der Waals surface area contributed by atoms with Crippen LogP contribution >= 0.6 is 11.8 Å². The first kappa shape index (κ1) is 28.2. The topological polar surface area (TPSA) is 72.8 Å². The molecule has 5 nitrogen and oxygen atoms in total. The highest BCUT2D eigenvalue weighted by atomic mass is 32.2. The third-order valence-electron chi connectivity index (χ3n) is 5.25. The summed E-state index contributed by atoms with van der Waals surface area (Å²) in [5.74, 6) is 0.258. The average Bonchev–Trinajstić information content (AvgIpc) is 2.73. The monoisotopic (exact) mass is 432 g/mol. The maximum atomic E-state index is 11.3. The van der Waals surface area contributed by atoms with Gasteiger partial charge in [0.25, 0.3) is 0 Å². The third kappa shape index (κ3) is 17.8. The lowest BCUT2D eigenvalue weighted by atomic mass is 10.0. The van der Waals surface area contributed by atoms with E-state index in [9.17, 15) is 14.7 Å². The van der Waals surface area contributed by atoms with Crippen molar-refractivity contribution >= 4 is 23.7 Å². The van der Waals surface area contributed by atoms with Gasteiger partial charge in [-0.15, -0.1) is 0 Å². The molecule has 29 heavy (non-hydrogen) atoms. The largest absolute Gasteiger partial charge is 0.469 e. The molecule has 0 saturated heterocycles. The number of aliphatic hydroxyl groups is 1. The molecule has 0 fully saturated rings. The maximum absolute atomic E-state index is 11.3. The van der Waals surface area contributed by atoms with Crippen molar-refractivity contribution in [2.75, 3.05) is 20.0 Å². The molecule has 0 spiro atoms. The lowest BCUT2D eigenvalue weighted by Gasteiger charge is -2.22. The Morgan fingerprint density at radius 3 is 1.86 bits per heavy atom. The van der Waals surface area contributed by atoms with E-state index in [1.807, 2.05) is 0 Å². The summed E-state index contributed by atoms with van der Waals surface area (Å²) in [5, 5.41) is 10.8. The second kappa shape index (κ2) is 20.5. The Labute approximate surface area is 182 Å². The normalized spacial score (nSPS) is 13.1. The maximum Gasteiger partial charge on any atom is 0.306 e. The van der Waals surface area contributed by atoms with Crippen molar-refractivity contribution in [2.45, 2.75) is 115 Å². The number of carbonyl (C=O) groups is 2. The summed E-state index contributed by atoms with van der Waals surface area (Å²) in [5.41, 5.74) is 0. The first-order chi connectivity index (χ1) is 14.0. The second-order valence-corrected chi connectivity index (χ2v) is 9.09. The predicted octanol–water partition coefficient (Wildman–Crippen LogP) is 5.67. The number of esters is 2. The Kier molecular flexibility index (Phi) is 20.0. The van der Waals surface area contributed by atoms with Crippen molar-refractivity contribution in [3.63, 3.8) is 0 Å². The quantitative estimate of drug-likeness (QED) is 0.197. The van der Waals surface area contributed by atoms with Crippen LogP contribution in [0.5, 0.6) is 0 Å². The molecule has 0 aliphatic rings. The zero-order valence-electron chi connectivity index (χ0n) is 19.0. The van der Waals surface area contributed by atoms with Crippen LogP contribution in [0, 0.1) is 0 Å². The van der Waals surface area contributed by atoms with Gasteiger partial charge in [-0.3, -0.25) is 9.59 Å². The molecule has 0 aromatic rings. The van der Waals surface area contributed by atoms with Crippen LogP contribution in [0.2, 0.25) is 0 Å². The Morgan fingerprint density at radius 2 is 1.28 bits per heavy atom. The standard InChI is InChI=1S/C23H44O5S/c1-4-5-6-7-8-9-10-11-12-15-20(24)21(29-19-18-23(26)28-3)16-13-14-17-22(25)27-2/h20-21,24H,4-19H2,1-3H3/t20-,21+/m0/s1. The first-order valence-electron chi connectivity index (χ1n) is 11.5. The second-order valence-electron chi connectivity index (χ2n) is 7.74. The number of hydrogen-bond donors (Lipinski definition) is 1. The molecule has 0 aliphatic carbocycles. The number of ether oxygens (including phenoxy) is 2. The molecule has 2 atom stereocenters. The van der Waals surface area contributed by atoms with Gasteiger partial charge in [-0.05, 0) is 19.3 Å². The molecule has 172 valence electrons. The molecule has 0 amide bonds. The van der Waals surface area contributed by atoms with Gasteiger partial charge in [0.1, 0.15) is 0 Å². The fourth-order valence-electron chi connectivity index (χ4n) is 3.35. The minimum absolute atomic E-state index is 0.103. The SMILES string of the molecule is CCCCCCCCCCC[C@H](O)[C@@H](CCCCC(=O)OC)SCCC(=O)OC. The molecule has 0 rings (SSSR count). The van der Waals surface area contributed by atoms with Crippen molar-refractivity contribution in [3.05, 3.63) is 0 Å². The van der Waals surface area contributed by atoms with Crippen LogP contribution in [0.15, 0.2) is 0 Å². The van der Waals surface area contributed by atoms with E-state index >= 15 is 0 Å². The molecule has 0 saturated carbocycles. The molecule has 0 unspecified atom stereocenters. The molecule has 0 bridgehead atoms. The van der Waals surface area contributed by atoms with Crippen molar-refractivity contribution in [3.8, 4) is 0 Å². The Morgan fingerprint density at radius 1 is 0.759 bits per heavy atom. The number of methoxy groups -OCH3 is 2. The number of thioether (sulfide) groups is 1. The van der Waals surface area contributed by atoms with Crippen molar-refractivity contribution in [1.82, 2.24) is 0 Å². The summed E-state index contributed by atoms with van der Waals surface area (Å²) in [4.78, 5) is 22.6. The lowest BCUT2D eigenvalue weighted by Crippen LogP contribution is -2.24. The van der Waals surface area contributed by atoms with Gasteiger partial charge in [0.05, 0.1) is 26.7 Å². The third-order valence-corrected chi connectivity index (χ3v) is 6.66. The van der Waals surface area contributed by atoms with E-state index in [0.29, 0.717) is 18.6 Å². The van der Waals surface area contributed by atoms with E-state index in [0.717, 1.165) is 32.1 Å². The minimum atomic E-state index is -0.361. The van der Waals surface area contributed by atoms with Crippen LogP contribution in [-0.2, 0) is 19.1 Å². The van der Waals surface area contributed by atoms with Crippen molar-refractivity contribution in [1.29, 1.82) is 0 Å². The molecule has 0 aromatic heterocycles. The molecular formula is C23H44O5S. The summed E-state index contributed by atoms with van der Waals surface area (Å²) in [7, 11) is 2.80. The molecule has 0 aromatic carbocycles. The van der Waals surface area contributed by atoms with Crippen LogP contribution < -0.4 is 0 Å². The highest BCUT2D eigenvalue weighted by Gasteiger charge is 2.20. The van der Waals surface area contributed by atoms with E-state index in [1.165, 1.54) is 65.6 Å². The minimum Gasteiger partial charge on any atom is -0.469 e. The van der Waals surface area contributed by atoms with E-state index in [1.54, 1.807) is 11.8 Å². The predicted molar refractivity (Wildman–Crippen MR) is 121 cm³/mol. The Balaban J connectivity index is 4.08. The molecule has 0 aliphatic heterocycles. The van der Waals surface area contributed by atoms with Crippen molar-refractivity contribution < 1.29 is 24.2 Å². The Hall–Kier alpha value is -0.750. The lowest BCUT2D eigenvalue weighted by molar-refractivity contribution is -0.141. The van der Waals surface area contributed by atoms with E-state index in [2.05, 4.69) is 11.7 Å². The molecular weight excluding hydrogens is 388 g/mol. The molecule has 1 N–H and O–H groups in total. The summed E-state index contributed by atoms with van der Waals surface area (Å²) < 4.78 is 9.37. The number of rotatable bonds is 20. The van der Waals surface area contributed by atoms with E-state index in [4.69, 9.17) is 4.74 Å². The van der Waals surface area contributed by atoms with Crippen molar-refractivity contribution in [2.24, 2.45) is 0 Å². The molecule has 6 heteroatoms. The zero-order valence-corrected chi connectivity index (χ0v) is 19.8. The summed E-state index contributed by atoms with van der Waals surface area (Å²) in [6.45, 7) is 2.24. The van der Waals surface area contributed by atoms with Gasteiger partial charge in [-0.2, -0.15) is 11.8 Å². The number of aliphatic hydroxyl groups excluding tert-OH is 1. The van der Waals surface area contributed by atoms with E-state index < -0.39 is 0 Å². The highest BCUT2D eigenvalue weighted by molar-refractivity contribution is 7.99. The van der Waals surface area contributed by atoms with Gasteiger partial charge in [0.15, 0.2) is 0 Å². The van der Waals surface area contributed by atoms with E-state index in [-0.39, 0.29) is 23.3 Å². The highest BCUT2D eigenvalue weighted by Crippen LogP contribution is 2.25. The van der Waals surface area contributed by atoms with Gasteiger partial charge in [-0.25, -0.2) is 0 Å². The fraction of sp³-hybridized carbons (Fsp3) is 0.913. The van der Waals surface area contributed by atoms with Crippen LogP contribution in [0.25, 0.3) is 0 Å². The van der Waals surface area contributed by atoms with Gasteiger partial charge < -0.3 is 14.6 Å². The van der Waals surface area contributed by atoms with Crippen LogP contribution in [-0.4, -0.2) is 48.4 Å². The summed E-state index contributed by atoms with van der Waals surface area (Å²) in [6, 6.07) is 0. The smallest absolute Gasteiger partial charge is 0.306 e.